The summed E-state index contributed by atoms with van der Waals surface area (Å²) in [6.07, 6.45) is 1.54. The second kappa shape index (κ2) is 6.44. The Morgan fingerprint density at radius 3 is 2.65 bits per heavy atom. The first kappa shape index (κ1) is 16.0. The van der Waals surface area contributed by atoms with Crippen LogP contribution in [0.3, 0.4) is 0 Å². The largest absolute Gasteiger partial charge is 0.322 e. The third-order valence-electron chi connectivity index (χ3n) is 4.25. The Morgan fingerprint density at radius 1 is 1.15 bits per heavy atom. The Labute approximate surface area is 148 Å². The number of hydrogen-bond acceptors (Lipinski definition) is 3. The molecule has 1 aliphatic heterocycles. The van der Waals surface area contributed by atoms with E-state index in [0.717, 1.165) is 11.1 Å². The molecule has 1 aliphatic rings. The number of fused-ring (bicyclic) bond motifs is 1. The van der Waals surface area contributed by atoms with E-state index in [9.17, 15) is 14.0 Å². The van der Waals surface area contributed by atoms with Crippen LogP contribution >= 0.6 is 0 Å². The number of benzene rings is 2. The first-order chi connectivity index (χ1) is 12.6. The van der Waals surface area contributed by atoms with Crippen LogP contribution in [0.1, 0.15) is 12.5 Å². The monoisotopic (exact) mass is 350 g/mol. The molecule has 0 spiro atoms. The number of rotatable bonds is 3. The number of nitrogens with one attached hydrogen (secondary N) is 2. The molecule has 130 valence electrons. The number of anilines is 2. The summed E-state index contributed by atoms with van der Waals surface area (Å²) in [6.45, 7) is 0. The molecular formula is C19H15FN4O2. The van der Waals surface area contributed by atoms with Crippen molar-refractivity contribution >= 4 is 23.3 Å². The maximum Gasteiger partial charge on any atom is 0.249 e. The predicted octanol–water partition coefficient (Wildman–Crippen LogP) is 3.21. The van der Waals surface area contributed by atoms with Gasteiger partial charge in [-0.1, -0.05) is 42.5 Å². The smallest absolute Gasteiger partial charge is 0.249 e. The fourth-order valence-corrected chi connectivity index (χ4v) is 2.98. The Kier molecular flexibility index (Phi) is 3.96. The minimum absolute atomic E-state index is 0.0663. The van der Waals surface area contributed by atoms with E-state index in [-0.39, 0.29) is 18.0 Å². The average Bonchev–Trinajstić information content (AvgIpc) is 3.07. The van der Waals surface area contributed by atoms with Gasteiger partial charge in [-0.25, -0.2) is 9.07 Å². The molecule has 0 unspecified atom stereocenters. The lowest BCUT2D eigenvalue weighted by Gasteiger charge is -2.24. The zero-order chi connectivity index (χ0) is 18.1. The summed E-state index contributed by atoms with van der Waals surface area (Å²) in [5, 5.41) is 9.59. The fourth-order valence-electron chi connectivity index (χ4n) is 2.98. The van der Waals surface area contributed by atoms with E-state index >= 15 is 0 Å². The standard InChI is InChI=1S/C19H15FN4O2/c20-14-8-4-5-9-15(14)22-19(26)16-10-17(25)23-18-13(11-21-24(16)18)12-6-2-1-3-7-12/h1-9,11,16H,10H2,(H,22,26)(H,23,25)/t16-/m0/s1. The number of para-hydroxylation sites is 1. The van der Waals surface area contributed by atoms with Gasteiger partial charge in [0.05, 0.1) is 18.3 Å². The SMILES string of the molecule is O=C1C[C@@H](C(=O)Nc2ccccc2F)n2ncc(-c3ccccc3)c2N1. The van der Waals surface area contributed by atoms with Crippen molar-refractivity contribution in [1.82, 2.24) is 9.78 Å². The van der Waals surface area contributed by atoms with Gasteiger partial charge in [0.1, 0.15) is 17.7 Å². The van der Waals surface area contributed by atoms with Gasteiger partial charge in [-0.15, -0.1) is 0 Å². The van der Waals surface area contributed by atoms with E-state index in [1.807, 2.05) is 30.3 Å². The van der Waals surface area contributed by atoms with Gasteiger partial charge in [-0.05, 0) is 17.7 Å². The number of halogens is 1. The Balaban J connectivity index is 1.68. The van der Waals surface area contributed by atoms with Gasteiger partial charge < -0.3 is 10.6 Å². The molecule has 0 bridgehead atoms. The first-order valence-electron chi connectivity index (χ1n) is 8.11. The van der Waals surface area contributed by atoms with E-state index in [2.05, 4.69) is 15.7 Å². The lowest BCUT2D eigenvalue weighted by Crippen LogP contribution is -2.36. The maximum absolute atomic E-state index is 13.8. The minimum Gasteiger partial charge on any atom is -0.322 e. The van der Waals surface area contributed by atoms with Gasteiger partial charge in [-0.2, -0.15) is 5.10 Å². The van der Waals surface area contributed by atoms with Crippen molar-refractivity contribution in [3.05, 3.63) is 66.6 Å². The average molecular weight is 350 g/mol. The summed E-state index contributed by atoms with van der Waals surface area (Å²) in [4.78, 5) is 24.8. The van der Waals surface area contributed by atoms with Crippen molar-refractivity contribution in [3.63, 3.8) is 0 Å². The number of carbonyl (C=O) groups excluding carboxylic acids is 2. The molecule has 0 radical (unpaired) electrons. The molecule has 0 aliphatic carbocycles. The summed E-state index contributed by atoms with van der Waals surface area (Å²) < 4.78 is 15.3. The summed E-state index contributed by atoms with van der Waals surface area (Å²) in [5.74, 6) is -0.856. The summed E-state index contributed by atoms with van der Waals surface area (Å²) >= 11 is 0. The van der Waals surface area contributed by atoms with Crippen LogP contribution in [0.5, 0.6) is 0 Å². The van der Waals surface area contributed by atoms with Crippen molar-refractivity contribution in [3.8, 4) is 11.1 Å². The molecule has 3 aromatic rings. The highest BCUT2D eigenvalue weighted by Crippen LogP contribution is 2.34. The molecule has 0 fully saturated rings. The Hall–Kier alpha value is -3.48. The van der Waals surface area contributed by atoms with E-state index in [1.165, 1.54) is 22.9 Å². The van der Waals surface area contributed by atoms with Crippen LogP contribution in [-0.2, 0) is 9.59 Å². The highest BCUT2D eigenvalue weighted by Gasteiger charge is 2.33. The molecule has 0 saturated heterocycles. The maximum atomic E-state index is 13.8. The van der Waals surface area contributed by atoms with Crippen LogP contribution in [-0.4, -0.2) is 21.6 Å². The number of carbonyl (C=O) groups is 2. The number of nitrogens with zero attached hydrogens (tertiary/aromatic N) is 2. The lowest BCUT2D eigenvalue weighted by molar-refractivity contribution is -0.125. The lowest BCUT2D eigenvalue weighted by atomic mass is 10.1. The van der Waals surface area contributed by atoms with E-state index in [1.54, 1.807) is 12.3 Å². The fraction of sp³-hybridized carbons (Fsp3) is 0.105. The van der Waals surface area contributed by atoms with E-state index in [4.69, 9.17) is 0 Å². The topological polar surface area (TPSA) is 76.0 Å². The second-order valence-electron chi connectivity index (χ2n) is 5.95. The van der Waals surface area contributed by atoms with Gasteiger partial charge in [0.2, 0.25) is 11.8 Å². The van der Waals surface area contributed by atoms with Crippen LogP contribution in [0.15, 0.2) is 60.8 Å². The van der Waals surface area contributed by atoms with Crippen LogP contribution in [0.2, 0.25) is 0 Å². The normalized spacial score (nSPS) is 15.9. The van der Waals surface area contributed by atoms with E-state index < -0.39 is 17.8 Å². The Bertz CT molecular complexity index is 984. The molecule has 0 saturated carbocycles. The summed E-state index contributed by atoms with van der Waals surface area (Å²) in [5.41, 5.74) is 1.67. The Morgan fingerprint density at radius 2 is 1.88 bits per heavy atom. The molecule has 1 atom stereocenters. The van der Waals surface area contributed by atoms with Gasteiger partial charge in [-0.3, -0.25) is 9.59 Å². The van der Waals surface area contributed by atoms with Gasteiger partial charge in [0.25, 0.3) is 0 Å². The molecule has 4 rings (SSSR count). The third kappa shape index (κ3) is 2.83. The number of hydrogen-bond donors (Lipinski definition) is 2. The molecule has 6 nitrogen and oxygen atoms in total. The van der Waals surface area contributed by atoms with Gasteiger partial charge in [0, 0.05) is 5.56 Å². The highest BCUT2D eigenvalue weighted by molar-refractivity contribution is 6.03. The van der Waals surface area contributed by atoms with Crippen LogP contribution < -0.4 is 10.6 Å². The quantitative estimate of drug-likeness (QED) is 0.762. The third-order valence-corrected chi connectivity index (χ3v) is 4.25. The second-order valence-corrected chi connectivity index (χ2v) is 5.95. The molecular weight excluding hydrogens is 335 g/mol. The molecule has 2 amide bonds. The number of amides is 2. The predicted molar refractivity (Wildman–Crippen MR) is 95.0 cm³/mol. The van der Waals surface area contributed by atoms with Crippen molar-refractivity contribution in [1.29, 1.82) is 0 Å². The summed E-state index contributed by atoms with van der Waals surface area (Å²) in [6, 6.07) is 14.5. The zero-order valence-corrected chi connectivity index (χ0v) is 13.6. The van der Waals surface area contributed by atoms with E-state index in [0.29, 0.717) is 5.82 Å². The molecule has 2 heterocycles. The minimum atomic E-state index is -0.851. The number of aromatic nitrogens is 2. The van der Waals surface area contributed by atoms with Crippen LogP contribution in [0.25, 0.3) is 11.1 Å². The molecule has 1 aromatic heterocycles. The molecule has 26 heavy (non-hydrogen) atoms. The van der Waals surface area contributed by atoms with Crippen molar-refractivity contribution < 1.29 is 14.0 Å². The molecule has 2 N–H and O–H groups in total. The van der Waals surface area contributed by atoms with Gasteiger partial charge in [0.15, 0.2) is 0 Å². The first-order valence-corrected chi connectivity index (χ1v) is 8.11. The zero-order valence-electron chi connectivity index (χ0n) is 13.6. The molecule has 7 heteroatoms. The van der Waals surface area contributed by atoms with Crippen LogP contribution in [0, 0.1) is 5.82 Å². The highest BCUT2D eigenvalue weighted by atomic mass is 19.1. The molecule has 2 aromatic carbocycles. The van der Waals surface area contributed by atoms with Gasteiger partial charge >= 0.3 is 0 Å². The van der Waals surface area contributed by atoms with Crippen LogP contribution in [0.4, 0.5) is 15.9 Å². The van der Waals surface area contributed by atoms with Crippen molar-refractivity contribution in [2.45, 2.75) is 12.5 Å². The summed E-state index contributed by atoms with van der Waals surface area (Å²) in [7, 11) is 0. The van der Waals surface area contributed by atoms with Crippen molar-refractivity contribution in [2.24, 2.45) is 0 Å². The van der Waals surface area contributed by atoms with Crippen molar-refractivity contribution in [2.75, 3.05) is 10.6 Å².